The number of aromatic amines is 1. The van der Waals surface area contributed by atoms with Crippen molar-refractivity contribution < 1.29 is 14.6 Å². The fourth-order valence-corrected chi connectivity index (χ4v) is 4.21. The van der Waals surface area contributed by atoms with Gasteiger partial charge in [-0.3, -0.25) is 4.98 Å². The maximum Gasteiger partial charge on any atom is 0.144 e. The number of para-hydroxylation sites is 1. The first-order valence-electron chi connectivity index (χ1n) is 10.7. The smallest absolute Gasteiger partial charge is 0.144 e. The van der Waals surface area contributed by atoms with Crippen LogP contribution in [0.25, 0.3) is 10.9 Å². The van der Waals surface area contributed by atoms with Crippen molar-refractivity contribution in [2.75, 3.05) is 37.0 Å². The Labute approximate surface area is 186 Å². The number of benzene rings is 2. The average molecular weight is 431 g/mol. The Morgan fingerprint density at radius 1 is 1.19 bits per heavy atom. The highest BCUT2D eigenvalue weighted by molar-refractivity contribution is 5.88. The van der Waals surface area contributed by atoms with Gasteiger partial charge < -0.3 is 29.8 Å². The topological polar surface area (TPSA) is 82.6 Å². The molecule has 0 saturated carbocycles. The number of nitrogens with zero attached hydrogens (tertiary/aromatic N) is 2. The molecule has 0 radical (unpaired) electrons. The number of pyridine rings is 1. The zero-order chi connectivity index (χ0) is 21.9. The van der Waals surface area contributed by atoms with Gasteiger partial charge in [-0.15, -0.1) is 0 Å². The molecule has 0 spiro atoms. The standard InChI is InChI=1S/C25H26N4O3/c1-31-23-4-2-3-21-17(15-27-25(21)23)8-10-29-11-12-32-24-14-18(5-6-22(24)29)28-19-7-9-26-20(13-19)16-30/h2-7,9,13-15,27,30H,8,10-12,16H2,1H3,(H,26,28). The summed E-state index contributed by atoms with van der Waals surface area (Å²) in [6, 6.07) is 16.0. The SMILES string of the molecule is COc1cccc2c(CCN3CCOc4cc(Nc5ccnc(CO)c5)ccc43)c[nH]c12. The monoisotopic (exact) mass is 430 g/mol. The molecule has 164 valence electrons. The normalized spacial score (nSPS) is 13.0. The zero-order valence-electron chi connectivity index (χ0n) is 18.0. The molecule has 32 heavy (non-hydrogen) atoms. The van der Waals surface area contributed by atoms with Gasteiger partial charge in [0, 0.05) is 41.8 Å². The van der Waals surface area contributed by atoms with Crippen LogP contribution in [0.2, 0.25) is 0 Å². The number of aromatic nitrogens is 2. The van der Waals surface area contributed by atoms with Crippen LogP contribution in [0, 0.1) is 0 Å². The molecular weight excluding hydrogens is 404 g/mol. The predicted octanol–water partition coefficient (Wildman–Crippen LogP) is 4.25. The second-order valence-corrected chi connectivity index (χ2v) is 7.78. The molecule has 0 bridgehead atoms. The molecule has 0 fully saturated rings. The minimum absolute atomic E-state index is 0.0824. The van der Waals surface area contributed by atoms with Gasteiger partial charge in [-0.1, -0.05) is 12.1 Å². The van der Waals surface area contributed by atoms with Gasteiger partial charge in [0.05, 0.1) is 37.2 Å². The van der Waals surface area contributed by atoms with Crippen molar-refractivity contribution >= 4 is 28.0 Å². The van der Waals surface area contributed by atoms with Gasteiger partial charge in [-0.25, -0.2) is 0 Å². The number of ether oxygens (including phenoxy) is 2. The van der Waals surface area contributed by atoms with E-state index in [0.29, 0.717) is 12.3 Å². The Bertz CT molecular complexity index is 1240. The lowest BCUT2D eigenvalue weighted by atomic mass is 10.1. The second kappa shape index (κ2) is 8.80. The third-order valence-electron chi connectivity index (χ3n) is 5.82. The Hall–Kier alpha value is -3.71. The number of nitrogens with one attached hydrogen (secondary N) is 2. The quantitative estimate of drug-likeness (QED) is 0.407. The van der Waals surface area contributed by atoms with Crippen molar-refractivity contribution in [3.63, 3.8) is 0 Å². The molecule has 0 aliphatic carbocycles. The van der Waals surface area contributed by atoms with E-state index in [1.54, 1.807) is 13.3 Å². The molecule has 0 saturated heterocycles. The number of aliphatic hydroxyl groups is 1. The molecule has 7 nitrogen and oxygen atoms in total. The summed E-state index contributed by atoms with van der Waals surface area (Å²) < 4.78 is 11.4. The number of hydrogen-bond acceptors (Lipinski definition) is 6. The molecule has 1 aliphatic rings. The molecule has 2 aromatic heterocycles. The van der Waals surface area contributed by atoms with Gasteiger partial charge in [0.1, 0.15) is 18.1 Å². The third-order valence-corrected chi connectivity index (χ3v) is 5.82. The Balaban J connectivity index is 1.32. The first-order chi connectivity index (χ1) is 15.7. The lowest BCUT2D eigenvalue weighted by molar-refractivity contribution is 0.277. The molecule has 4 aromatic rings. The lowest BCUT2D eigenvalue weighted by Crippen LogP contribution is -2.34. The van der Waals surface area contributed by atoms with Crippen LogP contribution in [0.5, 0.6) is 11.5 Å². The summed E-state index contributed by atoms with van der Waals surface area (Å²) in [5.41, 5.74) is 5.87. The molecular formula is C25H26N4O3. The minimum atomic E-state index is -0.0824. The first-order valence-corrected chi connectivity index (χ1v) is 10.7. The van der Waals surface area contributed by atoms with Gasteiger partial charge in [0.15, 0.2) is 0 Å². The molecule has 1 aliphatic heterocycles. The Morgan fingerprint density at radius 3 is 2.97 bits per heavy atom. The summed E-state index contributed by atoms with van der Waals surface area (Å²) in [6.07, 6.45) is 4.69. The van der Waals surface area contributed by atoms with Gasteiger partial charge in [0.2, 0.25) is 0 Å². The summed E-state index contributed by atoms with van der Waals surface area (Å²) in [7, 11) is 1.70. The van der Waals surface area contributed by atoms with E-state index in [2.05, 4.69) is 44.6 Å². The molecule has 0 amide bonds. The number of aliphatic hydroxyl groups excluding tert-OH is 1. The van der Waals surface area contributed by atoms with Gasteiger partial charge in [-0.05, 0) is 42.3 Å². The highest BCUT2D eigenvalue weighted by atomic mass is 16.5. The van der Waals surface area contributed by atoms with E-state index in [-0.39, 0.29) is 6.61 Å². The van der Waals surface area contributed by atoms with E-state index < -0.39 is 0 Å². The molecule has 2 aromatic carbocycles. The van der Waals surface area contributed by atoms with Crippen LogP contribution in [-0.4, -0.2) is 41.9 Å². The average Bonchev–Trinajstić information content (AvgIpc) is 3.26. The summed E-state index contributed by atoms with van der Waals surface area (Å²) in [4.78, 5) is 9.85. The van der Waals surface area contributed by atoms with Crippen molar-refractivity contribution in [2.24, 2.45) is 0 Å². The largest absolute Gasteiger partial charge is 0.495 e. The molecule has 0 unspecified atom stereocenters. The van der Waals surface area contributed by atoms with Crippen molar-refractivity contribution in [1.29, 1.82) is 0 Å². The molecule has 5 rings (SSSR count). The number of fused-ring (bicyclic) bond motifs is 2. The van der Waals surface area contributed by atoms with Crippen LogP contribution in [0.4, 0.5) is 17.1 Å². The Kier molecular flexibility index (Phi) is 5.56. The number of H-pyrrole nitrogens is 1. The van der Waals surface area contributed by atoms with Crippen LogP contribution in [0.3, 0.4) is 0 Å². The van der Waals surface area contributed by atoms with E-state index in [1.165, 1.54) is 10.9 Å². The van der Waals surface area contributed by atoms with E-state index >= 15 is 0 Å². The van der Waals surface area contributed by atoms with Crippen LogP contribution in [0.1, 0.15) is 11.3 Å². The maximum atomic E-state index is 9.30. The lowest BCUT2D eigenvalue weighted by Gasteiger charge is -2.31. The first kappa shape index (κ1) is 20.2. The molecule has 3 heterocycles. The maximum absolute atomic E-state index is 9.30. The van der Waals surface area contributed by atoms with Crippen molar-refractivity contribution in [1.82, 2.24) is 9.97 Å². The third kappa shape index (κ3) is 3.94. The minimum Gasteiger partial charge on any atom is -0.495 e. The summed E-state index contributed by atoms with van der Waals surface area (Å²) in [5.74, 6) is 1.74. The Morgan fingerprint density at radius 2 is 2.09 bits per heavy atom. The van der Waals surface area contributed by atoms with E-state index in [9.17, 15) is 5.11 Å². The van der Waals surface area contributed by atoms with Gasteiger partial charge >= 0.3 is 0 Å². The summed E-state index contributed by atoms with van der Waals surface area (Å²) in [5, 5.41) is 13.9. The summed E-state index contributed by atoms with van der Waals surface area (Å²) in [6.45, 7) is 2.33. The van der Waals surface area contributed by atoms with Crippen LogP contribution < -0.4 is 19.7 Å². The number of rotatable bonds is 7. The number of methoxy groups -OCH3 is 1. The number of anilines is 3. The van der Waals surface area contributed by atoms with E-state index in [1.807, 2.05) is 30.3 Å². The number of hydrogen-bond donors (Lipinski definition) is 3. The fraction of sp³-hybridized carbons (Fsp3) is 0.240. The van der Waals surface area contributed by atoms with E-state index in [4.69, 9.17) is 9.47 Å². The van der Waals surface area contributed by atoms with Gasteiger partial charge in [0.25, 0.3) is 0 Å². The zero-order valence-corrected chi connectivity index (χ0v) is 18.0. The second-order valence-electron chi connectivity index (χ2n) is 7.78. The summed E-state index contributed by atoms with van der Waals surface area (Å²) >= 11 is 0. The molecule has 7 heteroatoms. The van der Waals surface area contributed by atoms with Crippen molar-refractivity contribution in [3.8, 4) is 11.5 Å². The fourth-order valence-electron chi connectivity index (χ4n) is 4.21. The van der Waals surface area contributed by atoms with Gasteiger partial charge in [-0.2, -0.15) is 0 Å². The predicted molar refractivity (Wildman–Crippen MR) is 126 cm³/mol. The highest BCUT2D eigenvalue weighted by Gasteiger charge is 2.19. The highest BCUT2D eigenvalue weighted by Crippen LogP contribution is 2.35. The van der Waals surface area contributed by atoms with Crippen LogP contribution >= 0.6 is 0 Å². The van der Waals surface area contributed by atoms with Crippen LogP contribution in [0.15, 0.2) is 60.9 Å². The van der Waals surface area contributed by atoms with Crippen LogP contribution in [-0.2, 0) is 13.0 Å². The van der Waals surface area contributed by atoms with Crippen molar-refractivity contribution in [3.05, 3.63) is 72.2 Å². The van der Waals surface area contributed by atoms with E-state index in [0.717, 1.165) is 53.6 Å². The molecule has 0 atom stereocenters. The van der Waals surface area contributed by atoms with Crippen molar-refractivity contribution in [2.45, 2.75) is 13.0 Å². The molecule has 3 N–H and O–H groups in total.